The van der Waals surface area contributed by atoms with Crippen molar-refractivity contribution in [1.82, 2.24) is 15.1 Å². The lowest BCUT2D eigenvalue weighted by Gasteiger charge is -2.33. The van der Waals surface area contributed by atoms with Crippen LogP contribution in [0.4, 0.5) is 4.39 Å². The molecule has 8 atom stereocenters. The van der Waals surface area contributed by atoms with Crippen LogP contribution in [-0.4, -0.2) is 73.5 Å². The zero-order chi connectivity index (χ0) is 28.9. The summed E-state index contributed by atoms with van der Waals surface area (Å²) in [4.78, 5) is 44.0. The number of halogens is 1. The number of hydrogen-bond acceptors (Lipinski definition) is 6. The first-order valence-electron chi connectivity index (χ1n) is 14.4. The van der Waals surface area contributed by atoms with Crippen molar-refractivity contribution in [3.05, 3.63) is 83.2 Å². The summed E-state index contributed by atoms with van der Waals surface area (Å²) in [5.74, 6) is -0.832. The van der Waals surface area contributed by atoms with E-state index in [1.807, 2.05) is 37.3 Å². The number of benzene rings is 2. The van der Waals surface area contributed by atoms with Crippen molar-refractivity contribution in [2.24, 2.45) is 5.92 Å². The summed E-state index contributed by atoms with van der Waals surface area (Å²) in [6, 6.07) is 11.9. The van der Waals surface area contributed by atoms with Gasteiger partial charge in [-0.15, -0.1) is 11.8 Å². The number of rotatable bonds is 8. The molecule has 6 rings (SSSR count). The molecule has 0 aromatic heterocycles. The summed E-state index contributed by atoms with van der Waals surface area (Å²) in [6.07, 6.45) is 7.53. The SMILES string of the molecule is Cc1c(F)cccc1C(=O)N[C@@H](Cc1ccccc1)[C@H](O)C(=O)N1CS[C@]2(C)[C@H]1C(=O)C1C(C[C@@H]3C=CCCC3)N12. The first kappa shape index (κ1) is 28.1. The summed E-state index contributed by atoms with van der Waals surface area (Å²) in [7, 11) is 0. The minimum absolute atomic E-state index is 0.0434. The minimum atomic E-state index is -1.58. The van der Waals surface area contributed by atoms with Gasteiger partial charge in [-0.2, -0.15) is 0 Å². The number of piperidine rings is 1. The topological polar surface area (TPSA) is 89.7 Å². The molecule has 0 radical (unpaired) electrons. The molecule has 1 aliphatic carbocycles. The average molecular weight is 578 g/mol. The van der Waals surface area contributed by atoms with Gasteiger partial charge in [-0.25, -0.2) is 4.39 Å². The molecule has 3 unspecified atom stereocenters. The maximum absolute atomic E-state index is 14.2. The van der Waals surface area contributed by atoms with Gasteiger partial charge in [-0.05, 0) is 75.1 Å². The Hall–Kier alpha value is -3.01. The van der Waals surface area contributed by atoms with E-state index >= 15 is 0 Å². The highest BCUT2D eigenvalue weighted by atomic mass is 32.2. The number of Topliss-reactive ketones (excluding diaryl/α,β-unsaturated/α-hetero) is 1. The van der Waals surface area contributed by atoms with E-state index in [9.17, 15) is 23.9 Å². The third-order valence-electron chi connectivity index (χ3n) is 9.26. The number of thioether (sulfide) groups is 1. The van der Waals surface area contributed by atoms with E-state index in [0.717, 1.165) is 24.8 Å². The molecule has 2 N–H and O–H groups in total. The Balaban J connectivity index is 1.19. The van der Waals surface area contributed by atoms with Crippen LogP contribution in [-0.2, 0) is 16.0 Å². The number of carbonyl (C=O) groups excluding carboxylic acids is 3. The number of carbonyl (C=O) groups is 3. The van der Waals surface area contributed by atoms with Crippen molar-refractivity contribution >= 4 is 29.4 Å². The third-order valence-corrected chi connectivity index (χ3v) is 10.7. The Kier molecular flexibility index (Phi) is 7.55. The maximum Gasteiger partial charge on any atom is 0.254 e. The molecule has 0 saturated carbocycles. The number of nitrogens with zero attached hydrogens (tertiary/aromatic N) is 2. The largest absolute Gasteiger partial charge is 0.381 e. The van der Waals surface area contributed by atoms with Crippen LogP contribution in [0.25, 0.3) is 0 Å². The highest BCUT2D eigenvalue weighted by Crippen LogP contribution is 2.59. The summed E-state index contributed by atoms with van der Waals surface area (Å²) < 4.78 is 14.2. The molecule has 41 heavy (non-hydrogen) atoms. The standard InChI is InChI=1S/C32H36FN3O4S/c1-19-22(14-9-15-23(19)33)30(39)34-24(16-20-10-5-3-6-11-20)27(37)31(40)35-18-41-32(2)29(35)28(38)26-25(36(26)32)17-21-12-7-4-8-13-21/h3,5-7,9-12,14-15,21,24-27,29,37H,4,8,13,16-18H2,1-2H3,(H,34,39)/t21-,24+,25?,26?,27+,29-,32-,36?/m1/s1. The van der Waals surface area contributed by atoms with E-state index in [4.69, 9.17) is 0 Å². The lowest BCUT2D eigenvalue weighted by atomic mass is 9.89. The monoisotopic (exact) mass is 577 g/mol. The van der Waals surface area contributed by atoms with E-state index in [1.54, 1.807) is 11.8 Å². The van der Waals surface area contributed by atoms with Crippen molar-refractivity contribution in [2.75, 3.05) is 5.88 Å². The second-order valence-electron chi connectivity index (χ2n) is 11.8. The second kappa shape index (κ2) is 11.0. The molecule has 9 heteroatoms. The Morgan fingerprint density at radius 3 is 2.71 bits per heavy atom. The number of amides is 2. The molecule has 7 nitrogen and oxygen atoms in total. The quantitative estimate of drug-likeness (QED) is 0.366. The van der Waals surface area contributed by atoms with Crippen LogP contribution < -0.4 is 5.32 Å². The van der Waals surface area contributed by atoms with Crippen molar-refractivity contribution < 1.29 is 23.9 Å². The Morgan fingerprint density at radius 2 is 1.98 bits per heavy atom. The molecule has 2 aromatic carbocycles. The highest BCUT2D eigenvalue weighted by Gasteiger charge is 2.74. The summed E-state index contributed by atoms with van der Waals surface area (Å²) >= 11 is 1.57. The van der Waals surface area contributed by atoms with Gasteiger partial charge in [0.2, 0.25) is 0 Å². The number of aliphatic hydroxyl groups excluding tert-OH is 1. The van der Waals surface area contributed by atoms with Crippen molar-refractivity contribution in [1.29, 1.82) is 0 Å². The van der Waals surface area contributed by atoms with E-state index < -0.39 is 40.7 Å². The normalized spacial score (nSPS) is 31.4. The zero-order valence-electron chi connectivity index (χ0n) is 23.3. The van der Waals surface area contributed by atoms with Gasteiger partial charge >= 0.3 is 0 Å². The van der Waals surface area contributed by atoms with Gasteiger partial charge < -0.3 is 15.3 Å². The number of ketones is 1. The Bertz CT molecular complexity index is 1390. The molecule has 3 aliphatic heterocycles. The van der Waals surface area contributed by atoms with Crippen molar-refractivity contribution in [3.63, 3.8) is 0 Å². The van der Waals surface area contributed by atoms with Gasteiger partial charge in [0, 0.05) is 11.6 Å². The van der Waals surface area contributed by atoms with Crippen molar-refractivity contribution in [2.45, 2.75) is 81.1 Å². The second-order valence-corrected chi connectivity index (χ2v) is 13.2. The summed E-state index contributed by atoms with van der Waals surface area (Å²) in [5, 5.41) is 14.2. The van der Waals surface area contributed by atoms with E-state index in [-0.39, 0.29) is 41.3 Å². The predicted octanol–water partition coefficient (Wildman–Crippen LogP) is 3.84. The lowest BCUT2D eigenvalue weighted by molar-refractivity contribution is -0.146. The predicted molar refractivity (Wildman–Crippen MR) is 156 cm³/mol. The number of allylic oxidation sites excluding steroid dienone is 2. The smallest absolute Gasteiger partial charge is 0.254 e. The van der Waals surface area contributed by atoms with Crippen LogP contribution in [0.1, 0.15) is 54.1 Å². The fraction of sp³-hybridized carbons (Fsp3) is 0.469. The van der Waals surface area contributed by atoms with Gasteiger partial charge in [0.25, 0.3) is 11.8 Å². The number of fused-ring (bicyclic) bond motifs is 3. The molecule has 3 saturated heterocycles. The van der Waals surface area contributed by atoms with Crippen LogP contribution in [0, 0.1) is 18.7 Å². The first-order chi connectivity index (χ1) is 19.7. The fourth-order valence-corrected chi connectivity index (χ4v) is 8.50. The zero-order valence-corrected chi connectivity index (χ0v) is 24.1. The number of nitrogens with one attached hydrogen (secondary N) is 1. The summed E-state index contributed by atoms with van der Waals surface area (Å²) in [5.41, 5.74) is 1.16. The van der Waals surface area contributed by atoms with Gasteiger partial charge in [0.05, 0.1) is 22.8 Å². The number of aliphatic hydroxyl groups is 1. The molecule has 2 aromatic rings. The van der Waals surface area contributed by atoms with Crippen LogP contribution in [0.15, 0.2) is 60.7 Å². The fourth-order valence-electron chi connectivity index (χ4n) is 7.02. The molecule has 216 valence electrons. The maximum atomic E-state index is 14.2. The summed E-state index contributed by atoms with van der Waals surface area (Å²) in [6.45, 7) is 3.55. The molecule has 0 spiro atoms. The Labute approximate surface area is 244 Å². The molecule has 4 aliphatic rings. The molecular formula is C32H36FN3O4S. The van der Waals surface area contributed by atoms with E-state index in [0.29, 0.717) is 5.92 Å². The van der Waals surface area contributed by atoms with Gasteiger partial charge in [-0.3, -0.25) is 19.3 Å². The van der Waals surface area contributed by atoms with Gasteiger partial charge in [-0.1, -0.05) is 48.6 Å². The number of hydrogen-bond donors (Lipinski definition) is 2. The minimum Gasteiger partial charge on any atom is -0.381 e. The molecule has 3 fully saturated rings. The Morgan fingerprint density at radius 1 is 1.20 bits per heavy atom. The highest BCUT2D eigenvalue weighted by molar-refractivity contribution is 8.00. The molecule has 0 bridgehead atoms. The van der Waals surface area contributed by atoms with Crippen LogP contribution in [0.2, 0.25) is 0 Å². The van der Waals surface area contributed by atoms with Gasteiger partial charge in [0.1, 0.15) is 11.9 Å². The molecule has 3 heterocycles. The van der Waals surface area contributed by atoms with Crippen LogP contribution in [0.5, 0.6) is 0 Å². The van der Waals surface area contributed by atoms with Gasteiger partial charge in [0.15, 0.2) is 11.9 Å². The van der Waals surface area contributed by atoms with Crippen LogP contribution in [0.3, 0.4) is 0 Å². The molecular weight excluding hydrogens is 541 g/mol. The van der Waals surface area contributed by atoms with Crippen LogP contribution >= 0.6 is 11.8 Å². The first-order valence-corrected chi connectivity index (χ1v) is 15.4. The molecule has 2 amide bonds. The van der Waals surface area contributed by atoms with E-state index in [1.165, 1.54) is 36.4 Å². The average Bonchev–Trinajstić information content (AvgIpc) is 3.50. The van der Waals surface area contributed by atoms with Crippen molar-refractivity contribution in [3.8, 4) is 0 Å². The lowest BCUT2D eigenvalue weighted by Crippen LogP contribution is -2.57. The van der Waals surface area contributed by atoms with E-state index in [2.05, 4.69) is 22.4 Å². The third kappa shape index (κ3) is 5.02.